The zero-order chi connectivity index (χ0) is 25.4. The van der Waals surface area contributed by atoms with Gasteiger partial charge in [-0.2, -0.15) is 9.29 Å². The highest BCUT2D eigenvalue weighted by Crippen LogP contribution is 2.31. The molecule has 0 aliphatic carbocycles. The summed E-state index contributed by atoms with van der Waals surface area (Å²) in [5.74, 6) is -0.347. The summed E-state index contributed by atoms with van der Waals surface area (Å²) in [6.45, 7) is 1.52. The third-order valence-corrected chi connectivity index (χ3v) is 8.44. The van der Waals surface area contributed by atoms with E-state index >= 15 is 0 Å². The lowest BCUT2D eigenvalue weighted by atomic mass is 10.2. The van der Waals surface area contributed by atoms with Gasteiger partial charge in [0.05, 0.1) is 16.7 Å². The molecule has 1 N–H and O–H groups in total. The number of anilines is 1. The molecule has 0 bridgehead atoms. The van der Waals surface area contributed by atoms with Crippen LogP contribution in [0, 0.1) is 0 Å². The van der Waals surface area contributed by atoms with Crippen molar-refractivity contribution >= 4 is 43.9 Å². The van der Waals surface area contributed by atoms with Gasteiger partial charge in [0.25, 0.3) is 11.9 Å². The molecular weight excluding hydrogens is 492 g/mol. The van der Waals surface area contributed by atoms with Gasteiger partial charge in [-0.05, 0) is 48.7 Å². The second-order valence-corrected chi connectivity index (χ2v) is 10.9. The Morgan fingerprint density at radius 2 is 1.78 bits per heavy atom. The number of nitrogens with one attached hydrogen (secondary N) is 1. The van der Waals surface area contributed by atoms with Gasteiger partial charge >= 0.3 is 0 Å². The molecule has 1 aliphatic rings. The van der Waals surface area contributed by atoms with Gasteiger partial charge in [0.1, 0.15) is 5.52 Å². The van der Waals surface area contributed by atoms with Crippen molar-refractivity contribution in [2.24, 2.45) is 0 Å². The molecule has 5 aromatic rings. The Labute approximate surface area is 213 Å². The first-order valence-corrected chi connectivity index (χ1v) is 13.5. The molecule has 1 saturated heterocycles. The zero-order valence-corrected chi connectivity index (χ0v) is 20.7. The third kappa shape index (κ3) is 4.36. The molecule has 4 heterocycles. The first-order valence-electron chi connectivity index (χ1n) is 12.1. The second kappa shape index (κ2) is 9.41. The molecule has 1 aliphatic heterocycles. The van der Waals surface area contributed by atoms with Gasteiger partial charge in [-0.25, -0.2) is 8.42 Å². The molecule has 37 heavy (non-hydrogen) atoms. The van der Waals surface area contributed by atoms with Crippen molar-refractivity contribution < 1.29 is 17.6 Å². The summed E-state index contributed by atoms with van der Waals surface area (Å²) >= 11 is 0. The van der Waals surface area contributed by atoms with Crippen LogP contribution in [0.4, 0.5) is 5.95 Å². The molecule has 6 rings (SSSR count). The van der Waals surface area contributed by atoms with Crippen LogP contribution in [0.25, 0.3) is 22.1 Å². The van der Waals surface area contributed by atoms with E-state index in [1.165, 1.54) is 12.3 Å². The Morgan fingerprint density at radius 1 is 0.973 bits per heavy atom. The number of benzene rings is 2. The number of furan rings is 1. The molecule has 2 aromatic carbocycles. The Hall–Kier alpha value is -4.09. The molecule has 3 aromatic heterocycles. The van der Waals surface area contributed by atoms with Crippen LogP contribution in [-0.2, 0) is 16.6 Å². The fraction of sp³-hybridized carbons (Fsp3) is 0.231. The fourth-order valence-electron chi connectivity index (χ4n) is 4.70. The maximum Gasteiger partial charge on any atom is 0.293 e. The second-order valence-electron chi connectivity index (χ2n) is 8.95. The van der Waals surface area contributed by atoms with Gasteiger partial charge in [-0.15, -0.1) is 10.2 Å². The maximum atomic E-state index is 13.4. The minimum absolute atomic E-state index is 0.0205. The Balaban J connectivity index is 1.47. The van der Waals surface area contributed by atoms with Crippen LogP contribution in [0.3, 0.4) is 0 Å². The number of nitrogens with zero attached hydrogens (tertiary/aromatic N) is 5. The molecule has 0 unspecified atom stereocenters. The average Bonchev–Trinajstić information content (AvgIpc) is 3.57. The highest BCUT2D eigenvalue weighted by molar-refractivity contribution is 7.89. The van der Waals surface area contributed by atoms with Gasteiger partial charge in [-0.3, -0.25) is 10.1 Å². The van der Waals surface area contributed by atoms with Crippen molar-refractivity contribution in [2.45, 2.75) is 30.7 Å². The summed E-state index contributed by atoms with van der Waals surface area (Å²) in [6, 6.07) is 18.1. The monoisotopic (exact) mass is 516 g/mol. The van der Waals surface area contributed by atoms with Crippen molar-refractivity contribution in [3.8, 4) is 0 Å². The number of hydrogen-bond acceptors (Lipinski definition) is 7. The van der Waals surface area contributed by atoms with E-state index in [2.05, 4.69) is 20.5 Å². The summed E-state index contributed by atoms with van der Waals surface area (Å²) < 4.78 is 35.4. The van der Waals surface area contributed by atoms with Crippen LogP contribution in [0.2, 0.25) is 0 Å². The number of rotatable bonds is 6. The minimum atomic E-state index is -3.63. The third-order valence-electron chi connectivity index (χ3n) is 6.54. The highest BCUT2D eigenvalue weighted by atomic mass is 32.2. The number of carbonyl (C=O) groups is 1. The number of sulfonamides is 1. The van der Waals surface area contributed by atoms with Crippen LogP contribution in [0.1, 0.15) is 35.4 Å². The predicted octanol–water partition coefficient (Wildman–Crippen LogP) is 4.05. The molecular formula is C26H24N6O4S. The molecule has 1 amide bonds. The van der Waals surface area contributed by atoms with Crippen molar-refractivity contribution in [3.05, 3.63) is 78.3 Å². The Kier molecular flexibility index (Phi) is 5.93. The number of piperidine rings is 1. The van der Waals surface area contributed by atoms with E-state index < -0.39 is 15.9 Å². The highest BCUT2D eigenvalue weighted by Gasteiger charge is 2.27. The SMILES string of the molecule is O=C(Nc1nnc2c3cc(S(=O)(=O)N4CCCCC4)ccc3n(Cc3ccccc3)c2n1)c1ccco1. The smallest absolute Gasteiger partial charge is 0.293 e. The molecule has 11 heteroatoms. The topological polar surface area (TPSA) is 123 Å². The molecule has 0 spiro atoms. The minimum Gasteiger partial charge on any atom is -0.459 e. The first kappa shape index (κ1) is 23.3. The summed E-state index contributed by atoms with van der Waals surface area (Å²) in [5.41, 5.74) is 2.74. The summed E-state index contributed by atoms with van der Waals surface area (Å²) in [6.07, 6.45) is 4.17. The molecule has 1 fully saturated rings. The normalized spacial score (nSPS) is 14.8. The standard InChI is InChI=1S/C26H24N6O4S/c33-25(22-10-7-15-36-22)28-26-27-24-23(29-30-26)20-16-19(37(34,35)31-13-5-2-6-14-31)11-12-21(20)32(24)17-18-8-3-1-4-9-18/h1,3-4,7-12,15-16H,2,5-6,13-14,17H2,(H,27,28,30,33). The van der Waals surface area contributed by atoms with Crippen LogP contribution < -0.4 is 5.32 Å². The fourth-order valence-corrected chi connectivity index (χ4v) is 6.24. The van der Waals surface area contributed by atoms with Crippen molar-refractivity contribution in [1.82, 2.24) is 24.1 Å². The lowest BCUT2D eigenvalue weighted by Gasteiger charge is -2.25. The lowest BCUT2D eigenvalue weighted by molar-refractivity contribution is 0.0995. The van der Waals surface area contributed by atoms with E-state index in [9.17, 15) is 13.2 Å². The van der Waals surface area contributed by atoms with Crippen molar-refractivity contribution in [1.29, 1.82) is 0 Å². The average molecular weight is 517 g/mol. The van der Waals surface area contributed by atoms with Gasteiger partial charge in [0.2, 0.25) is 10.0 Å². The van der Waals surface area contributed by atoms with E-state index in [4.69, 9.17) is 4.42 Å². The van der Waals surface area contributed by atoms with Gasteiger partial charge in [0.15, 0.2) is 11.4 Å². The molecule has 0 saturated carbocycles. The number of fused-ring (bicyclic) bond motifs is 3. The summed E-state index contributed by atoms with van der Waals surface area (Å²) in [4.78, 5) is 17.3. The lowest BCUT2D eigenvalue weighted by Crippen LogP contribution is -2.35. The quantitative estimate of drug-likeness (QED) is 0.361. The van der Waals surface area contributed by atoms with Crippen LogP contribution in [-0.4, -0.2) is 51.5 Å². The molecule has 0 radical (unpaired) electrons. The predicted molar refractivity (Wildman–Crippen MR) is 138 cm³/mol. The van der Waals surface area contributed by atoms with E-state index in [-0.39, 0.29) is 16.6 Å². The maximum absolute atomic E-state index is 13.4. The zero-order valence-electron chi connectivity index (χ0n) is 19.9. The van der Waals surface area contributed by atoms with Crippen LogP contribution in [0.5, 0.6) is 0 Å². The molecule has 10 nitrogen and oxygen atoms in total. The number of carbonyl (C=O) groups excluding carboxylic acids is 1. The largest absolute Gasteiger partial charge is 0.459 e. The van der Waals surface area contributed by atoms with Gasteiger partial charge in [-0.1, -0.05) is 36.8 Å². The molecule has 188 valence electrons. The van der Waals surface area contributed by atoms with E-state index in [0.29, 0.717) is 36.2 Å². The molecule has 0 atom stereocenters. The Morgan fingerprint density at radius 3 is 2.54 bits per heavy atom. The number of hydrogen-bond donors (Lipinski definition) is 1. The number of amides is 1. The van der Waals surface area contributed by atoms with E-state index in [1.54, 1.807) is 28.6 Å². The summed E-state index contributed by atoms with van der Waals surface area (Å²) in [5, 5.41) is 11.7. The first-order chi connectivity index (χ1) is 18.0. The van der Waals surface area contributed by atoms with Crippen molar-refractivity contribution in [3.63, 3.8) is 0 Å². The van der Waals surface area contributed by atoms with E-state index in [1.807, 2.05) is 34.9 Å². The Bertz CT molecular complexity index is 1690. The van der Waals surface area contributed by atoms with Gasteiger partial charge < -0.3 is 8.98 Å². The van der Waals surface area contributed by atoms with E-state index in [0.717, 1.165) is 30.3 Å². The van der Waals surface area contributed by atoms with Gasteiger partial charge in [0, 0.05) is 25.0 Å². The van der Waals surface area contributed by atoms with Crippen LogP contribution >= 0.6 is 0 Å². The van der Waals surface area contributed by atoms with Crippen molar-refractivity contribution in [2.75, 3.05) is 18.4 Å². The summed E-state index contributed by atoms with van der Waals surface area (Å²) in [7, 11) is -3.63. The van der Waals surface area contributed by atoms with Crippen LogP contribution in [0.15, 0.2) is 76.2 Å². The number of aromatic nitrogens is 4.